The van der Waals surface area contributed by atoms with Crippen molar-refractivity contribution in [1.29, 1.82) is 0 Å². The molecular formula is C21H23FN4O2. The molecule has 1 N–H and O–H groups in total. The molecule has 1 heterocycles. The maximum atomic E-state index is 13.1. The Bertz CT molecular complexity index is 921. The van der Waals surface area contributed by atoms with E-state index in [1.807, 2.05) is 31.2 Å². The number of nitrogens with one attached hydrogen (secondary N) is 1. The predicted molar refractivity (Wildman–Crippen MR) is 104 cm³/mol. The van der Waals surface area contributed by atoms with Crippen LogP contribution in [0.25, 0.3) is 5.69 Å². The summed E-state index contributed by atoms with van der Waals surface area (Å²) in [5, 5.41) is 10.8. The van der Waals surface area contributed by atoms with E-state index in [1.165, 1.54) is 22.4 Å². The minimum absolute atomic E-state index is 0.264. The number of hydrogen-bond donors (Lipinski definition) is 1. The molecule has 0 spiro atoms. The van der Waals surface area contributed by atoms with Gasteiger partial charge in [-0.25, -0.2) is 9.07 Å². The van der Waals surface area contributed by atoms with E-state index < -0.39 is 0 Å². The van der Waals surface area contributed by atoms with Crippen molar-refractivity contribution < 1.29 is 13.9 Å². The van der Waals surface area contributed by atoms with Crippen LogP contribution < -0.4 is 10.1 Å². The molecule has 0 unspecified atom stereocenters. The molecular weight excluding hydrogens is 359 g/mol. The molecule has 0 bridgehead atoms. The average Bonchev–Trinajstić information content (AvgIpc) is 3.08. The molecule has 0 aliphatic heterocycles. The summed E-state index contributed by atoms with van der Waals surface area (Å²) in [7, 11) is 0. The van der Waals surface area contributed by atoms with Crippen LogP contribution in [0.15, 0.2) is 48.5 Å². The van der Waals surface area contributed by atoms with E-state index >= 15 is 0 Å². The first-order chi connectivity index (χ1) is 13.5. The van der Waals surface area contributed by atoms with Gasteiger partial charge in [0.2, 0.25) is 0 Å². The van der Waals surface area contributed by atoms with Crippen molar-refractivity contribution in [2.45, 2.75) is 26.7 Å². The molecule has 0 atom stereocenters. The Morgan fingerprint density at radius 2 is 1.79 bits per heavy atom. The van der Waals surface area contributed by atoms with Gasteiger partial charge in [0.25, 0.3) is 5.91 Å². The van der Waals surface area contributed by atoms with Crippen molar-refractivity contribution in [1.82, 2.24) is 20.3 Å². The van der Waals surface area contributed by atoms with Crippen molar-refractivity contribution in [3.05, 3.63) is 71.3 Å². The predicted octanol–water partition coefficient (Wildman–Crippen LogP) is 3.61. The summed E-state index contributed by atoms with van der Waals surface area (Å²) in [4.78, 5) is 12.3. The summed E-state index contributed by atoms with van der Waals surface area (Å²) in [6, 6.07) is 13.8. The van der Waals surface area contributed by atoms with Gasteiger partial charge in [0.15, 0.2) is 5.69 Å². The molecule has 28 heavy (non-hydrogen) atoms. The van der Waals surface area contributed by atoms with E-state index in [0.717, 1.165) is 18.6 Å². The summed E-state index contributed by atoms with van der Waals surface area (Å²) < 4.78 is 20.2. The maximum Gasteiger partial charge on any atom is 0.273 e. The number of carbonyl (C=O) groups is 1. The van der Waals surface area contributed by atoms with Crippen molar-refractivity contribution in [2.75, 3.05) is 13.2 Å². The van der Waals surface area contributed by atoms with Crippen LogP contribution in [-0.2, 0) is 0 Å². The highest BCUT2D eigenvalue weighted by Gasteiger charge is 2.16. The second-order valence-corrected chi connectivity index (χ2v) is 6.54. The highest BCUT2D eigenvalue weighted by Crippen LogP contribution is 2.13. The Hall–Kier alpha value is -3.22. The van der Waals surface area contributed by atoms with Crippen LogP contribution in [0.3, 0.4) is 0 Å². The molecule has 3 aromatic rings. The van der Waals surface area contributed by atoms with E-state index in [0.29, 0.717) is 24.5 Å². The van der Waals surface area contributed by atoms with Gasteiger partial charge in [0, 0.05) is 6.54 Å². The summed E-state index contributed by atoms with van der Waals surface area (Å²) >= 11 is 0. The number of unbranched alkanes of at least 4 members (excludes halogenated alkanes) is 1. The van der Waals surface area contributed by atoms with Gasteiger partial charge in [-0.1, -0.05) is 22.9 Å². The number of ether oxygens (including phenoxy) is 1. The number of nitrogens with zero attached hydrogens (tertiary/aromatic N) is 3. The standard InChI is InChI=1S/C21H23FN4O2/c1-15-5-11-19(12-6-15)28-14-4-3-13-23-21(27)20-16(2)26(25-24-20)18-9-7-17(22)8-10-18/h5-12H,3-4,13-14H2,1-2H3,(H,23,27). The summed E-state index contributed by atoms with van der Waals surface area (Å²) in [5.74, 6) is 0.249. The van der Waals surface area contributed by atoms with Crippen LogP contribution in [0.2, 0.25) is 0 Å². The minimum Gasteiger partial charge on any atom is -0.494 e. The van der Waals surface area contributed by atoms with Gasteiger partial charge in [-0.3, -0.25) is 4.79 Å². The third kappa shape index (κ3) is 4.94. The zero-order chi connectivity index (χ0) is 19.9. The van der Waals surface area contributed by atoms with Gasteiger partial charge >= 0.3 is 0 Å². The van der Waals surface area contributed by atoms with Crippen LogP contribution in [0.5, 0.6) is 5.75 Å². The van der Waals surface area contributed by atoms with Crippen LogP contribution in [0, 0.1) is 19.7 Å². The van der Waals surface area contributed by atoms with E-state index in [9.17, 15) is 9.18 Å². The molecule has 146 valence electrons. The van der Waals surface area contributed by atoms with Crippen molar-refractivity contribution in [3.63, 3.8) is 0 Å². The van der Waals surface area contributed by atoms with Crippen molar-refractivity contribution >= 4 is 5.91 Å². The van der Waals surface area contributed by atoms with Gasteiger partial charge in [-0.15, -0.1) is 5.10 Å². The van der Waals surface area contributed by atoms with E-state index in [4.69, 9.17) is 4.74 Å². The summed E-state index contributed by atoms with van der Waals surface area (Å²) in [6.45, 7) is 4.91. The molecule has 3 rings (SSSR count). The van der Waals surface area contributed by atoms with Crippen LogP contribution in [-0.4, -0.2) is 34.1 Å². The lowest BCUT2D eigenvalue weighted by atomic mass is 10.2. The number of halogens is 1. The van der Waals surface area contributed by atoms with Crippen LogP contribution in [0.1, 0.15) is 34.6 Å². The van der Waals surface area contributed by atoms with Gasteiger partial charge in [-0.05, 0) is 63.1 Å². The fourth-order valence-electron chi connectivity index (χ4n) is 2.70. The first-order valence-electron chi connectivity index (χ1n) is 9.20. The molecule has 7 heteroatoms. The second-order valence-electron chi connectivity index (χ2n) is 6.54. The Kier molecular flexibility index (Phi) is 6.37. The SMILES string of the molecule is Cc1ccc(OCCCCNC(=O)c2nnn(-c3ccc(F)cc3)c2C)cc1. The van der Waals surface area contributed by atoms with Gasteiger partial charge in [-0.2, -0.15) is 0 Å². The molecule has 0 saturated carbocycles. The topological polar surface area (TPSA) is 69.0 Å². The number of benzene rings is 2. The zero-order valence-corrected chi connectivity index (χ0v) is 16.0. The molecule has 2 aromatic carbocycles. The molecule has 1 aromatic heterocycles. The largest absolute Gasteiger partial charge is 0.494 e. The third-order valence-electron chi connectivity index (χ3n) is 4.33. The average molecular weight is 382 g/mol. The van der Waals surface area contributed by atoms with Crippen molar-refractivity contribution in [2.24, 2.45) is 0 Å². The summed E-state index contributed by atoms with van der Waals surface area (Å²) in [6.07, 6.45) is 1.62. The molecule has 1 amide bonds. The number of hydrogen-bond acceptors (Lipinski definition) is 4. The number of aryl methyl sites for hydroxylation is 1. The molecule has 0 radical (unpaired) electrons. The smallest absolute Gasteiger partial charge is 0.273 e. The Balaban J connectivity index is 1.44. The fraction of sp³-hybridized carbons (Fsp3) is 0.286. The number of carbonyl (C=O) groups excluding carboxylic acids is 1. The van der Waals surface area contributed by atoms with E-state index in [-0.39, 0.29) is 17.4 Å². The third-order valence-corrected chi connectivity index (χ3v) is 4.33. The Labute approximate surface area is 163 Å². The highest BCUT2D eigenvalue weighted by molar-refractivity contribution is 5.93. The minimum atomic E-state index is -0.328. The summed E-state index contributed by atoms with van der Waals surface area (Å²) in [5.41, 5.74) is 2.72. The Morgan fingerprint density at radius 1 is 1.07 bits per heavy atom. The maximum absolute atomic E-state index is 13.1. The number of aromatic nitrogens is 3. The van der Waals surface area contributed by atoms with Gasteiger partial charge < -0.3 is 10.1 Å². The van der Waals surface area contributed by atoms with Crippen LogP contribution >= 0.6 is 0 Å². The quantitative estimate of drug-likeness (QED) is 0.604. The number of rotatable bonds is 8. The monoisotopic (exact) mass is 382 g/mol. The first kappa shape index (κ1) is 19.5. The fourth-order valence-corrected chi connectivity index (χ4v) is 2.70. The lowest BCUT2D eigenvalue weighted by molar-refractivity contribution is 0.0946. The second kappa shape index (κ2) is 9.12. The van der Waals surface area contributed by atoms with Gasteiger partial charge in [0.05, 0.1) is 18.0 Å². The van der Waals surface area contributed by atoms with Crippen molar-refractivity contribution in [3.8, 4) is 11.4 Å². The van der Waals surface area contributed by atoms with E-state index in [2.05, 4.69) is 15.6 Å². The molecule has 0 aliphatic carbocycles. The molecule has 0 saturated heterocycles. The lowest BCUT2D eigenvalue weighted by Gasteiger charge is -2.07. The molecule has 0 fully saturated rings. The van der Waals surface area contributed by atoms with Crippen LogP contribution in [0.4, 0.5) is 4.39 Å². The van der Waals surface area contributed by atoms with Gasteiger partial charge in [0.1, 0.15) is 11.6 Å². The highest BCUT2D eigenvalue weighted by atomic mass is 19.1. The Morgan fingerprint density at radius 3 is 2.50 bits per heavy atom. The molecule has 6 nitrogen and oxygen atoms in total. The first-order valence-corrected chi connectivity index (χ1v) is 9.20. The molecule has 0 aliphatic rings. The lowest BCUT2D eigenvalue weighted by Crippen LogP contribution is -2.26. The normalized spacial score (nSPS) is 10.7. The zero-order valence-electron chi connectivity index (χ0n) is 16.0. The number of amides is 1. The van der Waals surface area contributed by atoms with E-state index in [1.54, 1.807) is 19.1 Å².